The summed E-state index contributed by atoms with van der Waals surface area (Å²) in [5, 5.41) is 0. The fourth-order valence-corrected chi connectivity index (χ4v) is 2.99. The van der Waals surface area contributed by atoms with E-state index in [0.717, 1.165) is 0 Å². The standard InChI is InChI=1S/C11H12O4S2/c1-2-17(14,15)16-8-10(12)11(13)9-6-4-3-5-7-9/h3-7H,2,8H2,1H3. The van der Waals surface area contributed by atoms with Gasteiger partial charge in [0.1, 0.15) is 0 Å². The van der Waals surface area contributed by atoms with E-state index in [1.54, 1.807) is 18.2 Å². The molecule has 0 aromatic heterocycles. The summed E-state index contributed by atoms with van der Waals surface area (Å²) in [7, 11) is -2.77. The maximum Gasteiger partial charge on any atom is 0.229 e. The number of hydrogen-bond donors (Lipinski definition) is 0. The first-order chi connectivity index (χ1) is 7.96. The lowest BCUT2D eigenvalue weighted by molar-refractivity contribution is -0.112. The largest absolute Gasteiger partial charge is 0.289 e. The molecule has 6 heteroatoms. The average Bonchev–Trinajstić information content (AvgIpc) is 2.36. The third-order valence-corrected chi connectivity index (χ3v) is 5.60. The highest BCUT2D eigenvalue weighted by Gasteiger charge is 2.19. The molecule has 1 aromatic rings. The van der Waals surface area contributed by atoms with Gasteiger partial charge >= 0.3 is 0 Å². The number of Topliss-reactive ketones (excluding diaryl/α,β-unsaturated/α-hetero) is 2. The van der Waals surface area contributed by atoms with Crippen molar-refractivity contribution in [2.45, 2.75) is 6.92 Å². The van der Waals surface area contributed by atoms with E-state index < -0.39 is 20.4 Å². The molecular formula is C11H12O4S2. The van der Waals surface area contributed by atoms with Gasteiger partial charge in [0.2, 0.25) is 20.4 Å². The first kappa shape index (κ1) is 13.9. The molecular weight excluding hydrogens is 260 g/mol. The maximum absolute atomic E-state index is 11.6. The third-order valence-electron chi connectivity index (χ3n) is 2.01. The zero-order chi connectivity index (χ0) is 12.9. The predicted molar refractivity (Wildman–Crippen MR) is 67.7 cm³/mol. The lowest BCUT2D eigenvalue weighted by Crippen LogP contribution is -2.17. The summed E-state index contributed by atoms with van der Waals surface area (Å²) < 4.78 is 22.3. The minimum Gasteiger partial charge on any atom is -0.289 e. The summed E-state index contributed by atoms with van der Waals surface area (Å²) in [6, 6.07) is 8.09. The summed E-state index contributed by atoms with van der Waals surface area (Å²) in [5.74, 6) is -1.73. The van der Waals surface area contributed by atoms with Crippen molar-refractivity contribution in [2.24, 2.45) is 0 Å². The molecule has 92 valence electrons. The zero-order valence-corrected chi connectivity index (χ0v) is 10.9. The number of ketones is 2. The molecule has 0 aliphatic rings. The Kier molecular flexibility index (Phi) is 4.89. The van der Waals surface area contributed by atoms with E-state index in [9.17, 15) is 18.0 Å². The Morgan fingerprint density at radius 1 is 1.18 bits per heavy atom. The number of rotatable bonds is 6. The van der Waals surface area contributed by atoms with Crippen molar-refractivity contribution >= 4 is 31.2 Å². The van der Waals surface area contributed by atoms with E-state index in [-0.39, 0.29) is 17.1 Å². The molecule has 1 aromatic carbocycles. The molecule has 4 nitrogen and oxygen atoms in total. The molecule has 0 unspecified atom stereocenters. The van der Waals surface area contributed by atoms with Crippen LogP contribution in [-0.2, 0) is 13.7 Å². The van der Waals surface area contributed by atoms with E-state index in [1.165, 1.54) is 19.1 Å². The average molecular weight is 272 g/mol. The van der Waals surface area contributed by atoms with Gasteiger partial charge in [0.05, 0.1) is 11.5 Å². The van der Waals surface area contributed by atoms with Gasteiger partial charge in [0.15, 0.2) is 0 Å². The minimum atomic E-state index is -3.29. The summed E-state index contributed by atoms with van der Waals surface area (Å²) in [6.45, 7) is 1.49. The van der Waals surface area contributed by atoms with Crippen LogP contribution in [0, 0.1) is 0 Å². The lowest BCUT2D eigenvalue weighted by Gasteiger charge is -2.00. The van der Waals surface area contributed by atoms with Gasteiger partial charge in [-0.1, -0.05) is 37.3 Å². The Labute approximate surface area is 104 Å². The number of hydrogen-bond acceptors (Lipinski definition) is 5. The van der Waals surface area contributed by atoms with Crippen LogP contribution in [0.5, 0.6) is 0 Å². The van der Waals surface area contributed by atoms with Crippen molar-refractivity contribution in [3.63, 3.8) is 0 Å². The van der Waals surface area contributed by atoms with Crippen molar-refractivity contribution in [1.29, 1.82) is 0 Å². The van der Waals surface area contributed by atoms with Crippen LogP contribution < -0.4 is 0 Å². The van der Waals surface area contributed by atoms with Gasteiger partial charge in [-0.15, -0.1) is 0 Å². The highest BCUT2D eigenvalue weighted by atomic mass is 33.1. The maximum atomic E-state index is 11.6. The zero-order valence-electron chi connectivity index (χ0n) is 9.25. The van der Waals surface area contributed by atoms with Gasteiger partial charge in [0.25, 0.3) is 0 Å². The number of carbonyl (C=O) groups is 2. The summed E-state index contributed by atoms with van der Waals surface area (Å²) >= 11 is 0. The fourth-order valence-electron chi connectivity index (χ4n) is 1.04. The SMILES string of the molecule is CCS(=O)(=O)SCC(=O)C(=O)c1ccccc1. The van der Waals surface area contributed by atoms with Gasteiger partial charge in [-0.25, -0.2) is 8.42 Å². The second-order valence-electron chi connectivity index (χ2n) is 3.23. The number of benzene rings is 1. The van der Waals surface area contributed by atoms with Crippen molar-refractivity contribution < 1.29 is 18.0 Å². The van der Waals surface area contributed by atoms with Gasteiger partial charge in [-0.2, -0.15) is 0 Å². The molecule has 0 radical (unpaired) electrons. The van der Waals surface area contributed by atoms with Gasteiger partial charge in [-0.3, -0.25) is 9.59 Å². The Balaban J connectivity index is 2.64. The quantitative estimate of drug-likeness (QED) is 0.446. The van der Waals surface area contributed by atoms with Crippen LogP contribution in [0.15, 0.2) is 30.3 Å². The molecule has 0 bridgehead atoms. The monoisotopic (exact) mass is 272 g/mol. The molecule has 0 N–H and O–H groups in total. The molecule has 0 heterocycles. The van der Waals surface area contributed by atoms with Gasteiger partial charge in [-0.05, 0) is 10.8 Å². The van der Waals surface area contributed by atoms with E-state index in [0.29, 0.717) is 10.8 Å². The number of carbonyl (C=O) groups excluding carboxylic acids is 2. The molecule has 17 heavy (non-hydrogen) atoms. The first-order valence-electron chi connectivity index (χ1n) is 4.96. The third kappa shape index (κ3) is 4.32. The summed E-state index contributed by atoms with van der Waals surface area (Å²) in [6.07, 6.45) is 0. The van der Waals surface area contributed by atoms with Crippen molar-refractivity contribution in [3.05, 3.63) is 35.9 Å². The Morgan fingerprint density at radius 2 is 1.76 bits per heavy atom. The Hall–Kier alpha value is -1.14. The predicted octanol–water partition coefficient (Wildman–Crippen LogP) is 1.52. The van der Waals surface area contributed by atoms with Crippen LogP contribution in [0.25, 0.3) is 0 Å². The van der Waals surface area contributed by atoms with Crippen LogP contribution in [0.2, 0.25) is 0 Å². The van der Waals surface area contributed by atoms with Crippen molar-refractivity contribution in [1.82, 2.24) is 0 Å². The highest BCUT2D eigenvalue weighted by Crippen LogP contribution is 2.13. The molecule has 0 aliphatic heterocycles. The van der Waals surface area contributed by atoms with Crippen LogP contribution in [0.1, 0.15) is 17.3 Å². The molecule has 0 spiro atoms. The van der Waals surface area contributed by atoms with Crippen LogP contribution in [0.4, 0.5) is 0 Å². The Bertz CT molecular complexity index is 506. The van der Waals surface area contributed by atoms with Crippen molar-refractivity contribution in [2.75, 3.05) is 11.5 Å². The summed E-state index contributed by atoms with van der Waals surface area (Å²) in [4.78, 5) is 23.1. The molecule has 1 rings (SSSR count). The highest BCUT2D eigenvalue weighted by molar-refractivity contribution is 8.72. The smallest absolute Gasteiger partial charge is 0.229 e. The fraction of sp³-hybridized carbons (Fsp3) is 0.273. The van der Waals surface area contributed by atoms with E-state index in [4.69, 9.17) is 0 Å². The van der Waals surface area contributed by atoms with E-state index in [2.05, 4.69) is 0 Å². The molecule has 0 aliphatic carbocycles. The van der Waals surface area contributed by atoms with E-state index in [1.807, 2.05) is 0 Å². The second kappa shape index (κ2) is 5.97. The lowest BCUT2D eigenvalue weighted by atomic mass is 10.1. The molecule has 0 amide bonds. The first-order valence-corrected chi connectivity index (χ1v) is 8.11. The molecule has 0 atom stereocenters. The minimum absolute atomic E-state index is 0.0511. The Morgan fingerprint density at radius 3 is 2.29 bits per heavy atom. The normalized spacial score (nSPS) is 11.1. The topological polar surface area (TPSA) is 68.3 Å². The van der Waals surface area contributed by atoms with E-state index >= 15 is 0 Å². The van der Waals surface area contributed by atoms with Crippen LogP contribution in [0.3, 0.4) is 0 Å². The van der Waals surface area contributed by atoms with Crippen LogP contribution >= 0.6 is 10.8 Å². The van der Waals surface area contributed by atoms with Crippen LogP contribution in [-0.4, -0.2) is 31.5 Å². The van der Waals surface area contributed by atoms with Gasteiger partial charge < -0.3 is 0 Å². The molecule has 0 saturated carbocycles. The van der Waals surface area contributed by atoms with Gasteiger partial charge in [0, 0.05) is 5.56 Å². The molecule has 0 fully saturated rings. The summed E-state index contributed by atoms with van der Waals surface area (Å²) in [5.41, 5.74) is 0.284. The van der Waals surface area contributed by atoms with Crippen molar-refractivity contribution in [3.8, 4) is 0 Å². The second-order valence-corrected chi connectivity index (χ2v) is 7.67. The molecule has 0 saturated heterocycles.